The van der Waals surface area contributed by atoms with E-state index in [1.54, 1.807) is 0 Å². The van der Waals surface area contributed by atoms with Gasteiger partial charge in [0.15, 0.2) is 0 Å². The molecule has 2 N–H and O–H groups in total. The van der Waals surface area contributed by atoms with Gasteiger partial charge in [0.2, 0.25) is 0 Å². The summed E-state index contributed by atoms with van der Waals surface area (Å²) in [5.41, 5.74) is 2.48. The summed E-state index contributed by atoms with van der Waals surface area (Å²) in [6.45, 7) is 1.62. The Morgan fingerprint density at radius 3 is 2.52 bits per heavy atom. The fraction of sp³-hybridized carbons (Fsp3) is 0.263. The highest BCUT2D eigenvalue weighted by molar-refractivity contribution is 6.31. The standard InChI is InChI=1S/C19H19ClN2O/c20-15-12-17-16(6-9-21-17)18(13-15)22-10-7-19(23,8-11-22)14-4-2-1-3-5-14/h1-6,9,12-13,21,23H,7-8,10-11H2. The fourth-order valence-corrected chi connectivity index (χ4v) is 3.74. The molecule has 1 fully saturated rings. The number of nitrogens with zero attached hydrogens (tertiary/aromatic N) is 1. The maximum Gasteiger partial charge on any atom is 0.0930 e. The van der Waals surface area contributed by atoms with Crippen LogP contribution in [0.1, 0.15) is 18.4 Å². The molecule has 0 unspecified atom stereocenters. The molecule has 3 nitrogen and oxygen atoms in total. The van der Waals surface area contributed by atoms with Crippen molar-refractivity contribution in [1.82, 2.24) is 4.98 Å². The molecule has 0 bridgehead atoms. The number of H-pyrrole nitrogens is 1. The lowest BCUT2D eigenvalue weighted by Crippen LogP contribution is -2.42. The predicted molar refractivity (Wildman–Crippen MR) is 95.1 cm³/mol. The molecule has 1 saturated heterocycles. The van der Waals surface area contributed by atoms with Gasteiger partial charge < -0.3 is 15.0 Å². The monoisotopic (exact) mass is 326 g/mol. The van der Waals surface area contributed by atoms with E-state index in [4.69, 9.17) is 11.6 Å². The molecule has 0 atom stereocenters. The van der Waals surface area contributed by atoms with Gasteiger partial charge >= 0.3 is 0 Å². The molecule has 23 heavy (non-hydrogen) atoms. The lowest BCUT2D eigenvalue weighted by molar-refractivity contribution is 0.0118. The molecule has 2 aromatic carbocycles. The lowest BCUT2D eigenvalue weighted by Gasteiger charge is -2.40. The first-order chi connectivity index (χ1) is 11.2. The Labute approximate surface area is 140 Å². The summed E-state index contributed by atoms with van der Waals surface area (Å²) in [5.74, 6) is 0. The van der Waals surface area contributed by atoms with Gasteiger partial charge in [-0.3, -0.25) is 0 Å². The van der Waals surface area contributed by atoms with Crippen molar-refractivity contribution in [3.8, 4) is 0 Å². The maximum absolute atomic E-state index is 11.0. The quantitative estimate of drug-likeness (QED) is 0.736. The molecule has 0 saturated carbocycles. The van der Waals surface area contributed by atoms with Crippen molar-refractivity contribution in [2.75, 3.05) is 18.0 Å². The van der Waals surface area contributed by atoms with E-state index in [2.05, 4.69) is 16.0 Å². The predicted octanol–water partition coefficient (Wildman–Crippen LogP) is 4.31. The van der Waals surface area contributed by atoms with E-state index >= 15 is 0 Å². The molecule has 118 valence electrons. The van der Waals surface area contributed by atoms with Crippen LogP contribution in [0.15, 0.2) is 54.7 Å². The first-order valence-corrected chi connectivity index (χ1v) is 8.33. The minimum absolute atomic E-state index is 0.718. The number of rotatable bonds is 2. The average Bonchev–Trinajstić information content (AvgIpc) is 3.04. The van der Waals surface area contributed by atoms with E-state index in [1.807, 2.05) is 48.7 Å². The fourth-order valence-electron chi connectivity index (χ4n) is 3.53. The Hall–Kier alpha value is -1.97. The Morgan fingerprint density at radius 1 is 1.04 bits per heavy atom. The van der Waals surface area contributed by atoms with E-state index in [0.29, 0.717) is 0 Å². The number of piperidine rings is 1. The normalized spacial score (nSPS) is 17.6. The van der Waals surface area contributed by atoms with Crippen molar-refractivity contribution in [2.45, 2.75) is 18.4 Å². The molecular weight excluding hydrogens is 308 g/mol. The third kappa shape index (κ3) is 2.60. The van der Waals surface area contributed by atoms with Crippen molar-refractivity contribution in [2.24, 2.45) is 0 Å². The largest absolute Gasteiger partial charge is 0.385 e. The van der Waals surface area contributed by atoms with Crippen LogP contribution in [0.4, 0.5) is 5.69 Å². The molecule has 4 rings (SSSR count). The van der Waals surface area contributed by atoms with Crippen LogP contribution < -0.4 is 4.90 Å². The summed E-state index contributed by atoms with van der Waals surface area (Å²) in [6, 6.07) is 16.0. The molecule has 1 aliphatic heterocycles. The highest BCUT2D eigenvalue weighted by Crippen LogP contribution is 2.37. The zero-order valence-electron chi connectivity index (χ0n) is 12.8. The number of nitrogens with one attached hydrogen (secondary N) is 1. The first kappa shape index (κ1) is 14.6. The van der Waals surface area contributed by atoms with Crippen LogP contribution >= 0.6 is 11.6 Å². The van der Waals surface area contributed by atoms with Crippen molar-refractivity contribution in [1.29, 1.82) is 0 Å². The van der Waals surface area contributed by atoms with Gasteiger partial charge in [0.1, 0.15) is 0 Å². The number of hydrogen-bond acceptors (Lipinski definition) is 2. The Morgan fingerprint density at radius 2 is 1.78 bits per heavy atom. The molecule has 4 heteroatoms. The zero-order valence-corrected chi connectivity index (χ0v) is 13.6. The Kier molecular flexibility index (Phi) is 3.55. The molecule has 0 amide bonds. The molecule has 1 aromatic heterocycles. The van der Waals surface area contributed by atoms with Crippen LogP contribution in [0.2, 0.25) is 5.02 Å². The van der Waals surface area contributed by atoms with Crippen LogP contribution in [-0.4, -0.2) is 23.2 Å². The second kappa shape index (κ2) is 5.59. The van der Waals surface area contributed by atoms with E-state index in [1.165, 1.54) is 5.39 Å². The van der Waals surface area contributed by atoms with E-state index in [9.17, 15) is 5.11 Å². The van der Waals surface area contributed by atoms with Crippen molar-refractivity contribution < 1.29 is 5.11 Å². The molecule has 2 heterocycles. The molecule has 0 aliphatic carbocycles. The number of fused-ring (bicyclic) bond motifs is 1. The third-order valence-electron chi connectivity index (χ3n) is 4.85. The highest BCUT2D eigenvalue weighted by Gasteiger charge is 2.34. The summed E-state index contributed by atoms with van der Waals surface area (Å²) in [7, 11) is 0. The van der Waals surface area contributed by atoms with E-state index in [-0.39, 0.29) is 0 Å². The second-order valence-electron chi connectivity index (χ2n) is 6.25. The Balaban J connectivity index is 1.61. The number of halogens is 1. The third-order valence-corrected chi connectivity index (χ3v) is 5.07. The van der Waals surface area contributed by atoms with Gasteiger partial charge in [-0.2, -0.15) is 0 Å². The summed E-state index contributed by atoms with van der Waals surface area (Å²) in [4.78, 5) is 5.54. The summed E-state index contributed by atoms with van der Waals surface area (Å²) < 4.78 is 0. The molecular formula is C19H19ClN2O. The van der Waals surface area contributed by atoms with Crippen LogP contribution in [0.5, 0.6) is 0 Å². The van der Waals surface area contributed by atoms with Crippen molar-refractivity contribution in [3.05, 3.63) is 65.3 Å². The van der Waals surface area contributed by atoms with Crippen LogP contribution in [-0.2, 0) is 5.60 Å². The Bertz CT molecular complexity index is 820. The first-order valence-electron chi connectivity index (χ1n) is 7.95. The summed E-state index contributed by atoms with van der Waals surface area (Å²) in [5, 5.41) is 12.9. The number of aromatic amines is 1. The highest BCUT2D eigenvalue weighted by atomic mass is 35.5. The number of aliphatic hydroxyl groups is 1. The summed E-state index contributed by atoms with van der Waals surface area (Å²) >= 11 is 6.26. The van der Waals surface area contributed by atoms with E-state index in [0.717, 1.165) is 47.7 Å². The molecule has 3 aromatic rings. The second-order valence-corrected chi connectivity index (χ2v) is 6.68. The van der Waals surface area contributed by atoms with Crippen molar-refractivity contribution in [3.63, 3.8) is 0 Å². The van der Waals surface area contributed by atoms with Crippen LogP contribution in [0.25, 0.3) is 10.9 Å². The van der Waals surface area contributed by atoms with Crippen molar-refractivity contribution >= 4 is 28.2 Å². The molecule has 1 aliphatic rings. The summed E-state index contributed by atoms with van der Waals surface area (Å²) in [6.07, 6.45) is 3.37. The van der Waals surface area contributed by atoms with Gasteiger partial charge in [0.05, 0.1) is 5.60 Å². The average molecular weight is 327 g/mol. The number of benzene rings is 2. The number of hydrogen-bond donors (Lipinski definition) is 2. The number of aromatic nitrogens is 1. The van der Waals surface area contributed by atoms with Gasteiger partial charge in [0.25, 0.3) is 0 Å². The SMILES string of the molecule is OC1(c2ccccc2)CCN(c2cc(Cl)cc3[nH]ccc23)CC1. The van der Waals surface area contributed by atoms with Gasteiger partial charge in [-0.15, -0.1) is 0 Å². The van der Waals surface area contributed by atoms with Gasteiger partial charge in [0, 0.05) is 40.9 Å². The maximum atomic E-state index is 11.0. The van der Waals surface area contributed by atoms with E-state index < -0.39 is 5.60 Å². The van der Waals surface area contributed by atoms with Gasteiger partial charge in [-0.1, -0.05) is 41.9 Å². The smallest absolute Gasteiger partial charge is 0.0930 e. The molecule has 0 radical (unpaired) electrons. The zero-order chi connectivity index (χ0) is 15.9. The van der Waals surface area contributed by atoms with Crippen LogP contribution in [0.3, 0.4) is 0 Å². The minimum atomic E-state index is -0.729. The number of anilines is 1. The topological polar surface area (TPSA) is 39.3 Å². The lowest BCUT2D eigenvalue weighted by atomic mass is 9.84. The molecule has 0 spiro atoms. The van der Waals surface area contributed by atoms with Gasteiger partial charge in [-0.25, -0.2) is 0 Å². The van der Waals surface area contributed by atoms with Crippen LogP contribution in [0, 0.1) is 0 Å². The van der Waals surface area contributed by atoms with Gasteiger partial charge in [-0.05, 0) is 36.6 Å². The minimum Gasteiger partial charge on any atom is -0.385 e.